The van der Waals surface area contributed by atoms with E-state index < -0.39 is 6.10 Å². The highest BCUT2D eigenvalue weighted by atomic mass is 32.2. The lowest BCUT2D eigenvalue weighted by molar-refractivity contribution is -0.386. The summed E-state index contributed by atoms with van der Waals surface area (Å²) < 4.78 is 6.36. The summed E-state index contributed by atoms with van der Waals surface area (Å²) in [7, 11) is 0. The van der Waals surface area contributed by atoms with Gasteiger partial charge in [-0.25, -0.2) is 0 Å². The van der Waals surface area contributed by atoms with E-state index in [4.69, 9.17) is 4.65 Å². The van der Waals surface area contributed by atoms with Crippen LogP contribution in [0.25, 0.3) is 0 Å². The van der Waals surface area contributed by atoms with Gasteiger partial charge in [-0.2, -0.15) is 11.6 Å². The molecule has 0 saturated carbocycles. The molecule has 0 aliphatic carbocycles. The molecule has 1 saturated heterocycles. The number of hydrogen-bond acceptors (Lipinski definition) is 6. The van der Waals surface area contributed by atoms with Crippen molar-refractivity contribution in [1.29, 1.82) is 0 Å². The standard InChI is InChI=1S/C22H19BN2O4S/c1-15-10-12-16(13-11-15)23-29-21(18-7-3-5-9-20(18)25(27)28)14-22(30-23)17-6-2-4-8-19(17)24-26/h2-13,21-22H,14H2,1H3. The summed E-state index contributed by atoms with van der Waals surface area (Å²) in [5, 5.41) is 14.7. The van der Waals surface area contributed by atoms with Crippen LogP contribution in [0.4, 0.5) is 11.4 Å². The number of hydrogen-bond donors (Lipinski definition) is 0. The van der Waals surface area contributed by atoms with E-state index in [1.807, 2.05) is 43.3 Å². The zero-order valence-corrected chi connectivity index (χ0v) is 17.1. The number of nitro groups is 1. The molecule has 0 spiro atoms. The Labute approximate surface area is 178 Å². The van der Waals surface area contributed by atoms with Gasteiger partial charge >= 0.3 is 6.19 Å². The topological polar surface area (TPSA) is 81.8 Å². The second-order valence-electron chi connectivity index (χ2n) is 7.19. The molecule has 1 aliphatic heterocycles. The second-order valence-corrected chi connectivity index (χ2v) is 8.46. The highest BCUT2D eigenvalue weighted by Crippen LogP contribution is 2.48. The smallest absolute Gasteiger partial charge is 0.397 e. The third kappa shape index (κ3) is 4.15. The fraction of sp³-hybridized carbons (Fsp3) is 0.182. The number of nitrogens with zero attached hydrogens (tertiary/aromatic N) is 2. The Morgan fingerprint density at radius 2 is 1.70 bits per heavy atom. The molecule has 6 nitrogen and oxygen atoms in total. The number of para-hydroxylation sites is 1. The van der Waals surface area contributed by atoms with Gasteiger partial charge in [-0.1, -0.05) is 60.2 Å². The maximum atomic E-state index is 11.6. The van der Waals surface area contributed by atoms with Crippen molar-refractivity contribution in [1.82, 2.24) is 0 Å². The molecular formula is C22H19BN2O4S. The Morgan fingerprint density at radius 1 is 1.03 bits per heavy atom. The molecule has 0 radical (unpaired) electrons. The van der Waals surface area contributed by atoms with Crippen LogP contribution in [0.15, 0.2) is 78.0 Å². The summed E-state index contributed by atoms with van der Waals surface area (Å²) in [6.07, 6.45) is -0.303. The molecule has 3 aromatic rings. The molecule has 2 atom stereocenters. The molecule has 0 aromatic heterocycles. The number of rotatable bonds is 5. The van der Waals surface area contributed by atoms with E-state index in [0.29, 0.717) is 17.7 Å². The minimum atomic E-state index is -0.483. The van der Waals surface area contributed by atoms with Crippen molar-refractivity contribution in [2.24, 2.45) is 5.18 Å². The molecule has 1 aliphatic rings. The first-order valence-corrected chi connectivity index (χ1v) is 10.5. The minimum absolute atomic E-state index is 0.0394. The Balaban J connectivity index is 1.76. The van der Waals surface area contributed by atoms with Crippen molar-refractivity contribution < 1.29 is 9.58 Å². The van der Waals surface area contributed by atoms with Gasteiger partial charge in [0.15, 0.2) is 0 Å². The zero-order valence-electron chi connectivity index (χ0n) is 16.3. The summed E-state index contributed by atoms with van der Waals surface area (Å²) >= 11 is 1.59. The Kier molecular flexibility index (Phi) is 5.97. The normalized spacial score (nSPS) is 18.8. The molecule has 8 heteroatoms. The molecule has 0 bridgehead atoms. The largest absolute Gasteiger partial charge is 0.415 e. The van der Waals surface area contributed by atoms with E-state index in [1.54, 1.807) is 41.9 Å². The quantitative estimate of drug-likeness (QED) is 0.232. The summed E-state index contributed by atoms with van der Waals surface area (Å²) in [5.74, 6) is 0. The lowest BCUT2D eigenvalue weighted by Crippen LogP contribution is -2.37. The van der Waals surface area contributed by atoms with E-state index in [1.165, 1.54) is 6.07 Å². The Bertz CT molecular complexity index is 1080. The molecule has 0 N–H and O–H groups in total. The summed E-state index contributed by atoms with van der Waals surface area (Å²) in [6.45, 7) is 2.02. The van der Waals surface area contributed by atoms with Crippen LogP contribution in [0.2, 0.25) is 0 Å². The highest BCUT2D eigenvalue weighted by molar-refractivity contribution is 8.26. The first kappa shape index (κ1) is 20.3. The SMILES string of the molecule is Cc1ccc(B2OC(c3ccccc3[N+](=O)[O-])CC(c3ccccc3N=O)S2)cc1. The second kappa shape index (κ2) is 8.81. The van der Waals surface area contributed by atoms with E-state index >= 15 is 0 Å². The van der Waals surface area contributed by atoms with Crippen LogP contribution in [0, 0.1) is 21.9 Å². The van der Waals surface area contributed by atoms with Crippen LogP contribution >= 0.6 is 11.6 Å². The molecule has 0 amide bonds. The first-order chi connectivity index (χ1) is 14.6. The minimum Gasteiger partial charge on any atom is -0.415 e. The first-order valence-electron chi connectivity index (χ1n) is 9.60. The lowest BCUT2D eigenvalue weighted by atomic mass is 9.83. The molecule has 3 aromatic carbocycles. The predicted octanol–water partition coefficient (Wildman–Crippen LogP) is 5.63. The van der Waals surface area contributed by atoms with E-state index in [9.17, 15) is 15.0 Å². The van der Waals surface area contributed by atoms with Gasteiger partial charge in [-0.15, -0.1) is 4.91 Å². The lowest BCUT2D eigenvalue weighted by Gasteiger charge is -2.34. The van der Waals surface area contributed by atoms with Gasteiger partial charge in [-0.3, -0.25) is 10.1 Å². The summed E-state index contributed by atoms with van der Waals surface area (Å²) in [5.41, 5.74) is 3.92. The van der Waals surface area contributed by atoms with Crippen molar-refractivity contribution in [3.05, 3.63) is 105 Å². The maximum Gasteiger partial charge on any atom is 0.397 e. The molecule has 1 heterocycles. The van der Waals surface area contributed by atoms with Crippen molar-refractivity contribution in [3.8, 4) is 0 Å². The van der Waals surface area contributed by atoms with Gasteiger partial charge in [0.2, 0.25) is 0 Å². The van der Waals surface area contributed by atoms with Crippen molar-refractivity contribution in [2.75, 3.05) is 0 Å². The van der Waals surface area contributed by atoms with Crippen LogP contribution in [0.1, 0.15) is 34.5 Å². The Hall–Kier alpha value is -2.97. The number of benzene rings is 3. The van der Waals surface area contributed by atoms with Gasteiger partial charge < -0.3 is 4.65 Å². The molecule has 150 valence electrons. The predicted molar refractivity (Wildman–Crippen MR) is 120 cm³/mol. The van der Waals surface area contributed by atoms with Crippen LogP contribution in [-0.4, -0.2) is 11.1 Å². The third-order valence-corrected chi connectivity index (χ3v) is 6.62. The van der Waals surface area contributed by atoms with E-state index in [-0.39, 0.29) is 22.1 Å². The van der Waals surface area contributed by atoms with E-state index in [0.717, 1.165) is 16.6 Å². The van der Waals surface area contributed by atoms with Gasteiger partial charge in [0.05, 0.1) is 16.6 Å². The molecule has 4 rings (SSSR count). The van der Waals surface area contributed by atoms with Gasteiger partial charge in [-0.05, 0) is 41.7 Å². The van der Waals surface area contributed by atoms with Crippen molar-refractivity contribution in [3.63, 3.8) is 0 Å². The average molecular weight is 418 g/mol. The van der Waals surface area contributed by atoms with Gasteiger partial charge in [0.1, 0.15) is 5.69 Å². The van der Waals surface area contributed by atoms with Crippen molar-refractivity contribution in [2.45, 2.75) is 24.7 Å². The molecule has 2 unspecified atom stereocenters. The maximum absolute atomic E-state index is 11.6. The van der Waals surface area contributed by atoms with Crippen LogP contribution < -0.4 is 5.46 Å². The zero-order chi connectivity index (χ0) is 21.1. The molecule has 1 fully saturated rings. The fourth-order valence-corrected chi connectivity index (χ4v) is 5.13. The fourth-order valence-electron chi connectivity index (χ4n) is 3.69. The monoisotopic (exact) mass is 418 g/mol. The van der Waals surface area contributed by atoms with Crippen LogP contribution in [-0.2, 0) is 4.65 Å². The number of nitro benzene ring substituents is 1. The highest BCUT2D eigenvalue weighted by Gasteiger charge is 2.38. The summed E-state index contributed by atoms with van der Waals surface area (Å²) in [6, 6.07) is 22.0. The summed E-state index contributed by atoms with van der Waals surface area (Å²) in [4.78, 5) is 22.6. The number of aryl methyl sites for hydroxylation is 1. The van der Waals surface area contributed by atoms with Crippen molar-refractivity contribution >= 4 is 34.6 Å². The third-order valence-electron chi connectivity index (χ3n) is 5.22. The molecular weight excluding hydrogens is 399 g/mol. The van der Waals surface area contributed by atoms with Crippen LogP contribution in [0.3, 0.4) is 0 Å². The average Bonchev–Trinajstić information content (AvgIpc) is 2.79. The molecule has 30 heavy (non-hydrogen) atoms. The van der Waals surface area contributed by atoms with Gasteiger partial charge in [0.25, 0.3) is 5.69 Å². The van der Waals surface area contributed by atoms with E-state index in [2.05, 4.69) is 5.18 Å². The Morgan fingerprint density at radius 3 is 2.40 bits per heavy atom. The number of nitroso groups, excluding NO2 is 1. The van der Waals surface area contributed by atoms with Crippen LogP contribution in [0.5, 0.6) is 0 Å². The van der Waals surface area contributed by atoms with Gasteiger partial charge in [0, 0.05) is 11.3 Å².